The van der Waals surface area contributed by atoms with Gasteiger partial charge in [0.05, 0.1) is 10.6 Å². The van der Waals surface area contributed by atoms with Crippen LogP contribution in [0.4, 0.5) is 11.4 Å². The molecule has 1 aromatic rings. The van der Waals surface area contributed by atoms with Crippen LogP contribution >= 0.6 is 12.4 Å². The maximum Gasteiger partial charge on any atom is 0.271 e. The molecule has 2 rings (SSSR count). The third kappa shape index (κ3) is 5.30. The van der Waals surface area contributed by atoms with Crippen LogP contribution in [0.25, 0.3) is 0 Å². The lowest BCUT2D eigenvalue weighted by Crippen LogP contribution is -2.47. The largest absolute Gasteiger partial charge is 0.482 e. The van der Waals surface area contributed by atoms with E-state index in [0.29, 0.717) is 12.3 Å². The van der Waals surface area contributed by atoms with Crippen molar-refractivity contribution < 1.29 is 19.2 Å². The second-order valence-electron chi connectivity index (χ2n) is 5.44. The lowest BCUT2D eigenvalue weighted by molar-refractivity contribution is -0.384. The molecule has 9 nitrogen and oxygen atoms in total. The summed E-state index contributed by atoms with van der Waals surface area (Å²) in [5.74, 6) is -0.417. The molecule has 0 saturated carbocycles. The van der Waals surface area contributed by atoms with E-state index >= 15 is 0 Å². The van der Waals surface area contributed by atoms with Gasteiger partial charge in [-0.15, -0.1) is 12.4 Å². The van der Waals surface area contributed by atoms with E-state index in [2.05, 4.69) is 10.6 Å². The molecule has 1 aliphatic heterocycles. The number of hydrogen-bond donors (Lipinski definition) is 2. The van der Waals surface area contributed by atoms with Gasteiger partial charge in [0.2, 0.25) is 5.91 Å². The van der Waals surface area contributed by atoms with Gasteiger partial charge in [-0.2, -0.15) is 0 Å². The number of nitrogens with zero attached hydrogens (tertiary/aromatic N) is 2. The Morgan fingerprint density at radius 3 is 2.84 bits per heavy atom. The molecule has 1 aromatic carbocycles. The van der Waals surface area contributed by atoms with Gasteiger partial charge >= 0.3 is 0 Å². The summed E-state index contributed by atoms with van der Waals surface area (Å²) in [5.41, 5.74) is 0.0635. The summed E-state index contributed by atoms with van der Waals surface area (Å²) in [6.07, 6.45) is 0. The number of nitro groups is 1. The number of nitrogens with one attached hydrogen (secondary N) is 2. The van der Waals surface area contributed by atoms with Crippen LogP contribution in [0, 0.1) is 10.1 Å². The van der Waals surface area contributed by atoms with E-state index in [0.717, 1.165) is 6.54 Å². The summed E-state index contributed by atoms with van der Waals surface area (Å²) in [4.78, 5) is 35.7. The topological polar surface area (TPSA) is 114 Å². The van der Waals surface area contributed by atoms with Crippen molar-refractivity contribution in [3.8, 4) is 5.75 Å². The number of non-ortho nitro benzene ring substituents is 1. The lowest BCUT2D eigenvalue weighted by Gasteiger charge is -2.28. The fraction of sp³-hybridized carbons (Fsp3) is 0.467. The number of fused-ring (bicyclic) bond motifs is 1. The maximum absolute atomic E-state index is 12.1. The summed E-state index contributed by atoms with van der Waals surface area (Å²) < 4.78 is 5.26. The molecule has 0 saturated heterocycles. The minimum absolute atomic E-state index is 0. The molecule has 0 aromatic heterocycles. The quantitative estimate of drug-likeness (QED) is 0.542. The van der Waals surface area contributed by atoms with Crippen LogP contribution in [0.5, 0.6) is 5.75 Å². The van der Waals surface area contributed by atoms with Crippen molar-refractivity contribution >= 4 is 35.6 Å². The Hall–Kier alpha value is -2.39. The van der Waals surface area contributed by atoms with Gasteiger partial charge in [-0.1, -0.05) is 6.92 Å². The molecule has 138 valence electrons. The van der Waals surface area contributed by atoms with Crippen LogP contribution in [0.1, 0.15) is 13.8 Å². The van der Waals surface area contributed by atoms with E-state index in [9.17, 15) is 19.7 Å². The minimum Gasteiger partial charge on any atom is -0.482 e. The molecule has 0 fully saturated rings. The van der Waals surface area contributed by atoms with E-state index in [1.807, 2.05) is 13.8 Å². The Balaban J connectivity index is 0.00000312. The summed E-state index contributed by atoms with van der Waals surface area (Å²) >= 11 is 0. The highest BCUT2D eigenvalue weighted by Gasteiger charge is 2.29. The van der Waals surface area contributed by atoms with E-state index in [-0.39, 0.29) is 48.9 Å². The lowest BCUT2D eigenvalue weighted by atomic mass is 10.2. The van der Waals surface area contributed by atoms with Gasteiger partial charge < -0.3 is 15.4 Å². The number of benzene rings is 1. The fourth-order valence-electron chi connectivity index (χ4n) is 2.36. The smallest absolute Gasteiger partial charge is 0.271 e. The third-order valence-electron chi connectivity index (χ3n) is 3.56. The van der Waals surface area contributed by atoms with Crippen LogP contribution in [0.15, 0.2) is 18.2 Å². The van der Waals surface area contributed by atoms with Crippen LogP contribution in [0.3, 0.4) is 0 Å². The molecule has 0 bridgehead atoms. The van der Waals surface area contributed by atoms with E-state index in [1.54, 1.807) is 0 Å². The van der Waals surface area contributed by atoms with Gasteiger partial charge in [-0.3, -0.25) is 24.6 Å². The number of ether oxygens (including phenoxy) is 1. The zero-order valence-corrected chi connectivity index (χ0v) is 14.8. The highest BCUT2D eigenvalue weighted by molar-refractivity contribution is 6.02. The Morgan fingerprint density at radius 2 is 2.20 bits per heavy atom. The molecule has 2 amide bonds. The fourth-order valence-corrected chi connectivity index (χ4v) is 2.36. The van der Waals surface area contributed by atoms with Crippen molar-refractivity contribution in [1.29, 1.82) is 0 Å². The predicted molar refractivity (Wildman–Crippen MR) is 94.3 cm³/mol. The van der Waals surface area contributed by atoms with Crippen LogP contribution < -0.4 is 20.3 Å². The van der Waals surface area contributed by atoms with Gasteiger partial charge in [-0.05, 0) is 19.5 Å². The highest BCUT2D eigenvalue weighted by Crippen LogP contribution is 2.34. The van der Waals surface area contributed by atoms with E-state index in [4.69, 9.17) is 4.74 Å². The van der Waals surface area contributed by atoms with E-state index in [1.165, 1.54) is 23.1 Å². The molecule has 1 atom stereocenters. The second kappa shape index (κ2) is 9.19. The Kier molecular flexibility index (Phi) is 7.59. The molecule has 1 heterocycles. The van der Waals surface area contributed by atoms with Gasteiger partial charge in [0.15, 0.2) is 6.61 Å². The number of amides is 2. The molecule has 0 aliphatic carbocycles. The normalized spacial score (nSPS) is 14.0. The van der Waals surface area contributed by atoms with Crippen molar-refractivity contribution in [3.05, 3.63) is 28.3 Å². The van der Waals surface area contributed by atoms with Crippen molar-refractivity contribution in [2.24, 2.45) is 0 Å². The van der Waals surface area contributed by atoms with Crippen molar-refractivity contribution in [3.63, 3.8) is 0 Å². The predicted octanol–water partition coefficient (Wildman–Crippen LogP) is 0.856. The maximum atomic E-state index is 12.1. The van der Waals surface area contributed by atoms with Crippen molar-refractivity contribution in [1.82, 2.24) is 10.6 Å². The Labute approximate surface area is 151 Å². The third-order valence-corrected chi connectivity index (χ3v) is 3.56. The molecule has 2 N–H and O–H groups in total. The van der Waals surface area contributed by atoms with Gasteiger partial charge in [0.25, 0.3) is 11.6 Å². The zero-order chi connectivity index (χ0) is 17.7. The number of halogens is 1. The number of rotatable bonds is 7. The molecular weight excluding hydrogens is 352 g/mol. The average molecular weight is 373 g/mol. The molecule has 10 heteroatoms. The molecule has 1 aliphatic rings. The average Bonchev–Trinajstić information content (AvgIpc) is 2.55. The SMILES string of the molecule is CCN[C@H](C)CNC(=O)CN1C(=O)COc2ccc([N+](=O)[O-])cc21.Cl. The molecule has 0 radical (unpaired) electrons. The molecule has 0 spiro atoms. The number of hydrogen-bond acceptors (Lipinski definition) is 6. The molecule has 25 heavy (non-hydrogen) atoms. The van der Waals surface area contributed by atoms with Crippen LogP contribution in [0.2, 0.25) is 0 Å². The summed E-state index contributed by atoms with van der Waals surface area (Å²) in [7, 11) is 0. The monoisotopic (exact) mass is 372 g/mol. The summed E-state index contributed by atoms with van der Waals surface area (Å²) in [5, 5.41) is 16.8. The van der Waals surface area contributed by atoms with Gasteiger partial charge in [-0.25, -0.2) is 0 Å². The number of carbonyl (C=O) groups is 2. The first-order chi connectivity index (χ1) is 11.4. The number of carbonyl (C=O) groups excluding carboxylic acids is 2. The molecular formula is C15H21ClN4O5. The van der Waals surface area contributed by atoms with Crippen molar-refractivity contribution in [2.45, 2.75) is 19.9 Å². The first kappa shape index (κ1) is 20.7. The van der Waals surface area contributed by atoms with E-state index < -0.39 is 10.8 Å². The Morgan fingerprint density at radius 1 is 1.48 bits per heavy atom. The first-order valence-electron chi connectivity index (χ1n) is 7.64. The second-order valence-corrected chi connectivity index (χ2v) is 5.44. The number of nitro benzene ring substituents is 1. The van der Waals surface area contributed by atoms with Gasteiger partial charge in [0.1, 0.15) is 12.3 Å². The van der Waals surface area contributed by atoms with Crippen LogP contribution in [-0.2, 0) is 9.59 Å². The standard InChI is InChI=1S/C15H20N4O5.ClH/c1-3-16-10(2)7-17-14(20)8-18-12-6-11(19(22)23)4-5-13(12)24-9-15(18)21;/h4-6,10,16H,3,7-9H2,1-2H3,(H,17,20);1H/t10-;/m1./s1. The highest BCUT2D eigenvalue weighted by atomic mass is 35.5. The van der Waals surface area contributed by atoms with Crippen molar-refractivity contribution in [2.75, 3.05) is 31.1 Å². The molecule has 0 unspecified atom stereocenters. The summed E-state index contributed by atoms with van der Waals surface area (Å²) in [6.45, 7) is 4.70. The number of likely N-dealkylation sites (N-methyl/N-ethyl adjacent to an activating group) is 1. The number of anilines is 1. The zero-order valence-electron chi connectivity index (χ0n) is 14.0. The summed E-state index contributed by atoms with van der Waals surface area (Å²) in [6, 6.07) is 4.07. The minimum atomic E-state index is -0.560. The van der Waals surface area contributed by atoms with Crippen LogP contribution in [-0.4, -0.2) is 49.0 Å². The Bertz CT molecular complexity index is 655. The van der Waals surface area contributed by atoms with Gasteiger partial charge in [0, 0.05) is 24.7 Å². The first-order valence-corrected chi connectivity index (χ1v) is 7.64.